The maximum atomic E-state index is 9.74. The first-order valence-corrected chi connectivity index (χ1v) is 14.6. The quantitative estimate of drug-likeness (QED) is 0.313. The van der Waals surface area contributed by atoms with E-state index in [1.807, 2.05) is 24.6 Å². The van der Waals surface area contributed by atoms with Crippen LogP contribution >= 0.6 is 11.3 Å². The van der Waals surface area contributed by atoms with Crippen LogP contribution in [-0.4, -0.2) is 33.0 Å². The minimum atomic E-state index is -1.73. The second-order valence-electron chi connectivity index (χ2n) is 9.91. The minimum Gasteiger partial charge on any atom is -0.417 e. The molecule has 0 fully saturated rings. The number of nitriles is 1. The zero-order valence-electron chi connectivity index (χ0n) is 19.9. The van der Waals surface area contributed by atoms with Gasteiger partial charge < -0.3 is 9.33 Å². The summed E-state index contributed by atoms with van der Waals surface area (Å²) in [6, 6.07) is 8.54. The van der Waals surface area contributed by atoms with Crippen LogP contribution in [0, 0.1) is 24.2 Å². The molecule has 1 heterocycles. The zero-order chi connectivity index (χ0) is 22.5. The van der Waals surface area contributed by atoms with Crippen molar-refractivity contribution in [3.8, 4) is 16.5 Å². The third-order valence-corrected chi connectivity index (χ3v) is 11.4. The lowest BCUT2D eigenvalue weighted by molar-refractivity contribution is 0.283. The summed E-state index contributed by atoms with van der Waals surface area (Å²) < 4.78 is 6.38. The Kier molecular flexibility index (Phi) is 8.26. The van der Waals surface area contributed by atoms with Gasteiger partial charge in [-0.15, -0.1) is 11.3 Å². The van der Waals surface area contributed by atoms with Crippen molar-refractivity contribution in [2.45, 2.75) is 66.1 Å². The molecule has 0 spiro atoms. The molecule has 0 saturated heterocycles. The Morgan fingerprint density at radius 2 is 1.97 bits per heavy atom. The summed E-state index contributed by atoms with van der Waals surface area (Å²) in [6.45, 7) is 20.5. The molecule has 0 atom stereocenters. The van der Waals surface area contributed by atoms with Gasteiger partial charge in [-0.3, -0.25) is 0 Å². The van der Waals surface area contributed by atoms with Crippen LogP contribution in [0.4, 0.5) is 5.69 Å². The third-order valence-electron chi connectivity index (χ3n) is 5.89. The first-order chi connectivity index (χ1) is 14.0. The van der Waals surface area contributed by atoms with Gasteiger partial charge in [-0.05, 0) is 55.1 Å². The Morgan fingerprint density at radius 1 is 1.27 bits per heavy atom. The second-order valence-corrected chi connectivity index (χ2v) is 15.6. The van der Waals surface area contributed by atoms with E-state index in [1.54, 1.807) is 11.3 Å². The molecular weight excluding hydrogens is 406 g/mol. The van der Waals surface area contributed by atoms with Crippen molar-refractivity contribution >= 4 is 25.3 Å². The lowest BCUT2D eigenvalue weighted by Crippen LogP contribution is -2.41. The number of benzene rings is 1. The summed E-state index contributed by atoms with van der Waals surface area (Å²) in [6.07, 6.45) is 0.952. The van der Waals surface area contributed by atoms with Gasteiger partial charge in [0.05, 0.1) is 27.3 Å². The maximum absolute atomic E-state index is 9.74. The predicted molar refractivity (Wildman–Crippen MR) is 132 cm³/mol. The van der Waals surface area contributed by atoms with E-state index in [0.717, 1.165) is 48.6 Å². The van der Waals surface area contributed by atoms with E-state index in [-0.39, 0.29) is 5.04 Å². The molecule has 2 aromatic rings. The molecule has 1 aromatic heterocycles. The van der Waals surface area contributed by atoms with Crippen molar-refractivity contribution in [3.63, 3.8) is 0 Å². The SMILES string of the molecule is Cc1ncsc1-c1ccc(C#N)c(N(CCCO[Si](C)(C)C(C)(C)C)CC(C)C)c1. The number of rotatable bonds is 9. The molecule has 164 valence electrons. The predicted octanol–water partition coefficient (Wildman–Crippen LogP) is 6.86. The highest BCUT2D eigenvalue weighted by molar-refractivity contribution is 7.13. The lowest BCUT2D eigenvalue weighted by atomic mass is 10.1. The summed E-state index contributed by atoms with van der Waals surface area (Å²) in [5, 5.41) is 9.96. The van der Waals surface area contributed by atoms with Crippen LogP contribution in [0.15, 0.2) is 23.7 Å². The van der Waals surface area contributed by atoms with Crippen LogP contribution in [0.1, 0.15) is 52.3 Å². The number of thiazole rings is 1. The molecule has 0 aliphatic heterocycles. The first kappa shape index (κ1) is 24.6. The Hall–Kier alpha value is -1.68. The van der Waals surface area contributed by atoms with Crippen LogP contribution in [-0.2, 0) is 4.43 Å². The number of aromatic nitrogens is 1. The van der Waals surface area contributed by atoms with Gasteiger partial charge in [0.1, 0.15) is 6.07 Å². The molecule has 0 amide bonds. The summed E-state index contributed by atoms with van der Waals surface area (Å²) in [7, 11) is -1.73. The fraction of sp³-hybridized carbons (Fsp3) is 0.583. The largest absolute Gasteiger partial charge is 0.417 e. The van der Waals surface area contributed by atoms with E-state index >= 15 is 0 Å². The Labute approximate surface area is 188 Å². The van der Waals surface area contributed by atoms with Crippen molar-refractivity contribution in [2.75, 3.05) is 24.6 Å². The lowest BCUT2D eigenvalue weighted by Gasteiger charge is -2.36. The molecule has 0 saturated carbocycles. The van der Waals surface area contributed by atoms with Gasteiger partial charge in [-0.25, -0.2) is 4.98 Å². The summed E-state index contributed by atoms with van der Waals surface area (Å²) in [4.78, 5) is 7.92. The van der Waals surface area contributed by atoms with Crippen molar-refractivity contribution in [1.29, 1.82) is 5.26 Å². The normalized spacial score (nSPS) is 12.3. The molecule has 30 heavy (non-hydrogen) atoms. The average Bonchev–Trinajstić information content (AvgIpc) is 3.08. The molecular formula is C24H37N3OSSi. The van der Waals surface area contributed by atoms with Gasteiger partial charge in [0.25, 0.3) is 0 Å². The average molecular weight is 444 g/mol. The second kappa shape index (κ2) is 10.1. The fourth-order valence-corrected chi connectivity index (χ4v) is 5.05. The topological polar surface area (TPSA) is 49.2 Å². The molecule has 4 nitrogen and oxygen atoms in total. The third kappa shape index (κ3) is 6.16. The van der Waals surface area contributed by atoms with Crippen LogP contribution in [0.5, 0.6) is 0 Å². The van der Waals surface area contributed by atoms with Gasteiger partial charge in [0.2, 0.25) is 0 Å². The van der Waals surface area contributed by atoms with E-state index in [2.05, 4.69) is 69.7 Å². The summed E-state index contributed by atoms with van der Waals surface area (Å²) in [5.41, 5.74) is 5.80. The summed E-state index contributed by atoms with van der Waals surface area (Å²) in [5.74, 6) is 0.506. The van der Waals surface area contributed by atoms with Gasteiger partial charge >= 0.3 is 0 Å². The van der Waals surface area contributed by atoms with Gasteiger partial charge in [0.15, 0.2) is 8.32 Å². The van der Waals surface area contributed by atoms with E-state index in [0.29, 0.717) is 5.92 Å². The zero-order valence-corrected chi connectivity index (χ0v) is 21.7. The number of anilines is 1. The highest BCUT2D eigenvalue weighted by Gasteiger charge is 2.36. The fourth-order valence-electron chi connectivity index (χ4n) is 3.16. The summed E-state index contributed by atoms with van der Waals surface area (Å²) >= 11 is 1.65. The smallest absolute Gasteiger partial charge is 0.191 e. The molecule has 0 radical (unpaired) electrons. The van der Waals surface area contributed by atoms with Crippen molar-refractivity contribution in [1.82, 2.24) is 4.98 Å². The maximum Gasteiger partial charge on any atom is 0.191 e. The Bertz CT molecular complexity index is 877. The molecule has 0 N–H and O–H groups in total. The van der Waals surface area contributed by atoms with E-state index < -0.39 is 8.32 Å². The minimum absolute atomic E-state index is 0.222. The van der Waals surface area contributed by atoms with Gasteiger partial charge in [-0.1, -0.05) is 40.7 Å². The van der Waals surface area contributed by atoms with Crippen molar-refractivity contribution in [2.24, 2.45) is 5.92 Å². The number of hydrogen-bond donors (Lipinski definition) is 0. The standard InChI is InChI=1S/C24H37N3OSSi/c1-18(2)16-27(12-9-13-28-30(7,8)24(4,5)6)22-14-20(10-11-21(22)15-25)23-19(3)26-17-29-23/h10-11,14,17-18H,9,12-13,16H2,1-8H3. The Morgan fingerprint density at radius 3 is 2.50 bits per heavy atom. The van der Waals surface area contributed by atoms with Crippen molar-refractivity contribution < 1.29 is 4.43 Å². The molecule has 0 unspecified atom stereocenters. The number of nitrogens with zero attached hydrogens (tertiary/aromatic N) is 3. The molecule has 0 bridgehead atoms. The van der Waals surface area contributed by atoms with Gasteiger partial charge in [0, 0.05) is 19.7 Å². The highest BCUT2D eigenvalue weighted by atomic mass is 32.1. The first-order valence-electron chi connectivity index (χ1n) is 10.8. The van der Waals surface area contributed by atoms with Crippen LogP contribution in [0.3, 0.4) is 0 Å². The molecule has 0 aliphatic carbocycles. The van der Waals surface area contributed by atoms with Gasteiger partial charge in [-0.2, -0.15) is 5.26 Å². The van der Waals surface area contributed by atoms with E-state index in [4.69, 9.17) is 4.43 Å². The monoisotopic (exact) mass is 443 g/mol. The Balaban J connectivity index is 2.22. The number of hydrogen-bond acceptors (Lipinski definition) is 5. The molecule has 1 aromatic carbocycles. The van der Waals surface area contributed by atoms with Crippen LogP contribution in [0.25, 0.3) is 10.4 Å². The molecule has 0 aliphatic rings. The van der Waals surface area contributed by atoms with E-state index in [1.165, 1.54) is 4.88 Å². The number of aryl methyl sites for hydroxylation is 1. The molecule has 2 rings (SSSR count). The highest BCUT2D eigenvalue weighted by Crippen LogP contribution is 2.37. The van der Waals surface area contributed by atoms with E-state index in [9.17, 15) is 5.26 Å². The molecule has 6 heteroatoms. The van der Waals surface area contributed by atoms with Crippen molar-refractivity contribution in [3.05, 3.63) is 35.0 Å². The van der Waals surface area contributed by atoms with Crippen LogP contribution < -0.4 is 4.90 Å². The van der Waals surface area contributed by atoms with Crippen LogP contribution in [0.2, 0.25) is 18.1 Å².